The zero-order chi connectivity index (χ0) is 20.2. The van der Waals surface area contributed by atoms with E-state index in [-0.39, 0.29) is 36.1 Å². The number of ether oxygens (including phenoxy) is 1. The Labute approximate surface area is 193 Å². The van der Waals surface area contributed by atoms with Crippen LogP contribution in [0.2, 0.25) is 0 Å². The molecule has 1 aliphatic rings. The van der Waals surface area contributed by atoms with E-state index in [4.69, 9.17) is 14.1 Å². The molecule has 2 N–H and O–H groups in total. The topological polar surface area (TPSA) is 89.5 Å². The second kappa shape index (κ2) is 10.3. The van der Waals surface area contributed by atoms with Crippen molar-refractivity contribution in [2.45, 2.75) is 45.4 Å². The molecule has 0 amide bonds. The van der Waals surface area contributed by atoms with Gasteiger partial charge in [0.05, 0.1) is 12.1 Å². The predicted octanol–water partition coefficient (Wildman–Crippen LogP) is 3.46. The Balaban J connectivity index is 0.00000256. The van der Waals surface area contributed by atoms with Gasteiger partial charge in [-0.25, -0.2) is 4.99 Å². The van der Waals surface area contributed by atoms with E-state index in [0.29, 0.717) is 12.5 Å². The number of aromatic nitrogens is 3. The van der Waals surface area contributed by atoms with Gasteiger partial charge in [-0.1, -0.05) is 18.2 Å². The fourth-order valence-corrected chi connectivity index (χ4v) is 3.40. The van der Waals surface area contributed by atoms with Crippen molar-refractivity contribution in [2.24, 2.45) is 12.0 Å². The maximum absolute atomic E-state index is 6.00. The Kier molecular flexibility index (Phi) is 7.70. The highest BCUT2D eigenvalue weighted by Gasteiger charge is 2.18. The van der Waals surface area contributed by atoms with Crippen molar-refractivity contribution in [3.05, 3.63) is 47.7 Å². The van der Waals surface area contributed by atoms with Gasteiger partial charge in [0.15, 0.2) is 11.8 Å². The Hall–Kier alpha value is -2.14. The molecule has 1 fully saturated rings. The molecule has 1 saturated heterocycles. The zero-order valence-electron chi connectivity index (χ0n) is 17.6. The van der Waals surface area contributed by atoms with E-state index in [1.54, 1.807) is 0 Å². The highest BCUT2D eigenvalue weighted by atomic mass is 127. The Morgan fingerprint density at radius 1 is 1.33 bits per heavy atom. The molecule has 4 rings (SSSR count). The largest absolute Gasteiger partial charge is 0.459 e. The van der Waals surface area contributed by atoms with Gasteiger partial charge in [-0.2, -0.15) is 0 Å². The molecular weight excluding hydrogens is 495 g/mol. The molecule has 8 nitrogen and oxygen atoms in total. The molecule has 0 radical (unpaired) electrons. The number of furan rings is 1. The molecule has 0 bridgehead atoms. The van der Waals surface area contributed by atoms with Crippen LogP contribution in [0.4, 0.5) is 0 Å². The lowest BCUT2D eigenvalue weighted by atomic mass is 10.2. The number of aryl methyl sites for hydroxylation is 1. The zero-order valence-corrected chi connectivity index (χ0v) is 19.9. The number of hydrogen-bond donors (Lipinski definition) is 2. The van der Waals surface area contributed by atoms with Crippen LogP contribution in [0.25, 0.3) is 11.0 Å². The van der Waals surface area contributed by atoms with Gasteiger partial charge in [-0.3, -0.25) is 0 Å². The van der Waals surface area contributed by atoms with Crippen LogP contribution >= 0.6 is 24.0 Å². The number of aliphatic imine (C=N–C) groups is 1. The average Bonchev–Trinajstić information content (AvgIpc) is 3.46. The molecule has 162 valence electrons. The summed E-state index contributed by atoms with van der Waals surface area (Å²) in [5.74, 6) is 3.26. The van der Waals surface area contributed by atoms with Crippen LogP contribution in [0.1, 0.15) is 43.2 Å². The molecule has 3 heterocycles. The van der Waals surface area contributed by atoms with Crippen LogP contribution in [-0.4, -0.2) is 40.0 Å². The summed E-state index contributed by atoms with van der Waals surface area (Å²) in [6.45, 7) is 5.98. The molecule has 1 aromatic carbocycles. The summed E-state index contributed by atoms with van der Waals surface area (Å²) >= 11 is 0. The number of para-hydroxylation sites is 1. The summed E-state index contributed by atoms with van der Waals surface area (Å²) < 4.78 is 13.7. The van der Waals surface area contributed by atoms with E-state index >= 15 is 0 Å². The van der Waals surface area contributed by atoms with Gasteiger partial charge in [0, 0.05) is 25.6 Å². The predicted molar refractivity (Wildman–Crippen MR) is 127 cm³/mol. The minimum atomic E-state index is -0.0422. The van der Waals surface area contributed by atoms with Crippen molar-refractivity contribution in [1.82, 2.24) is 25.4 Å². The smallest absolute Gasteiger partial charge is 0.192 e. The number of fused-ring (bicyclic) bond motifs is 1. The third kappa shape index (κ3) is 5.31. The summed E-state index contributed by atoms with van der Waals surface area (Å²) in [7, 11) is 1.95. The van der Waals surface area contributed by atoms with Crippen LogP contribution in [-0.2, 0) is 18.3 Å². The van der Waals surface area contributed by atoms with Crippen LogP contribution < -0.4 is 10.6 Å². The molecule has 0 spiro atoms. The van der Waals surface area contributed by atoms with E-state index < -0.39 is 0 Å². The first-order chi connectivity index (χ1) is 14.1. The van der Waals surface area contributed by atoms with Gasteiger partial charge < -0.3 is 24.4 Å². The third-order valence-corrected chi connectivity index (χ3v) is 5.31. The highest BCUT2D eigenvalue weighted by Crippen LogP contribution is 2.23. The van der Waals surface area contributed by atoms with Crippen molar-refractivity contribution < 1.29 is 9.15 Å². The first-order valence-electron chi connectivity index (χ1n) is 10.1. The van der Waals surface area contributed by atoms with Crippen LogP contribution in [0.5, 0.6) is 0 Å². The molecule has 0 saturated carbocycles. The van der Waals surface area contributed by atoms with Crippen molar-refractivity contribution in [2.75, 3.05) is 13.2 Å². The van der Waals surface area contributed by atoms with Gasteiger partial charge in [-0.05, 0) is 38.8 Å². The number of nitrogens with zero attached hydrogens (tertiary/aromatic N) is 4. The van der Waals surface area contributed by atoms with Gasteiger partial charge in [-0.15, -0.1) is 34.2 Å². The lowest BCUT2D eigenvalue weighted by molar-refractivity contribution is 0.113. The molecule has 2 aromatic heterocycles. The van der Waals surface area contributed by atoms with Gasteiger partial charge in [0.2, 0.25) is 0 Å². The van der Waals surface area contributed by atoms with Crippen molar-refractivity contribution >= 4 is 40.9 Å². The number of benzene rings is 1. The first kappa shape index (κ1) is 22.5. The molecule has 1 aliphatic heterocycles. The summed E-state index contributed by atoms with van der Waals surface area (Å²) in [6.07, 6.45) is 2.41. The van der Waals surface area contributed by atoms with E-state index in [9.17, 15) is 0 Å². The summed E-state index contributed by atoms with van der Waals surface area (Å²) in [5, 5.41) is 16.3. The Morgan fingerprint density at radius 3 is 2.87 bits per heavy atom. The standard InChI is InChI=1S/C21H28N6O2.HI/c1-14(19-11-16-7-4-5-9-18(16)29-19)24-21(22-12-17-8-6-10-28-17)23-13-20-26-25-15(2)27(20)3;/h4-5,7,9,11,14,17H,6,8,10,12-13H2,1-3H3,(H2,22,23,24);1H. The molecular formula is C21H29IN6O2. The number of halogens is 1. The molecule has 0 aliphatic carbocycles. The van der Waals surface area contributed by atoms with Gasteiger partial charge in [0.1, 0.15) is 23.7 Å². The van der Waals surface area contributed by atoms with Crippen molar-refractivity contribution in [1.29, 1.82) is 0 Å². The Morgan fingerprint density at radius 2 is 2.17 bits per heavy atom. The monoisotopic (exact) mass is 524 g/mol. The fraction of sp³-hybridized carbons (Fsp3) is 0.476. The maximum atomic E-state index is 6.00. The number of rotatable bonds is 6. The van der Waals surface area contributed by atoms with Crippen molar-refractivity contribution in [3.8, 4) is 0 Å². The molecule has 30 heavy (non-hydrogen) atoms. The number of hydrogen-bond acceptors (Lipinski definition) is 5. The van der Waals surface area contributed by atoms with Crippen LogP contribution in [0.15, 0.2) is 39.7 Å². The van der Waals surface area contributed by atoms with E-state index in [0.717, 1.165) is 54.4 Å². The SMILES string of the molecule is Cc1nnc(CN=C(NCC2CCCO2)NC(C)c2cc3ccccc3o2)n1C.I. The van der Waals surface area contributed by atoms with Crippen molar-refractivity contribution in [3.63, 3.8) is 0 Å². The quantitative estimate of drug-likeness (QED) is 0.292. The lowest BCUT2D eigenvalue weighted by Crippen LogP contribution is -2.42. The average molecular weight is 524 g/mol. The summed E-state index contributed by atoms with van der Waals surface area (Å²) in [5.41, 5.74) is 0.886. The minimum absolute atomic E-state index is 0. The third-order valence-electron chi connectivity index (χ3n) is 5.31. The molecule has 2 unspecified atom stereocenters. The maximum Gasteiger partial charge on any atom is 0.192 e. The summed E-state index contributed by atoms with van der Waals surface area (Å²) in [6, 6.07) is 10.0. The molecule has 2 atom stereocenters. The van der Waals surface area contributed by atoms with Crippen LogP contribution in [0, 0.1) is 6.92 Å². The lowest BCUT2D eigenvalue weighted by Gasteiger charge is -2.18. The second-order valence-electron chi connectivity index (χ2n) is 7.46. The van der Waals surface area contributed by atoms with Crippen LogP contribution in [0.3, 0.4) is 0 Å². The first-order valence-corrected chi connectivity index (χ1v) is 10.1. The summed E-state index contributed by atoms with van der Waals surface area (Å²) in [4.78, 5) is 4.72. The van der Waals surface area contributed by atoms with E-state index in [1.165, 1.54) is 0 Å². The Bertz CT molecular complexity index is 959. The highest BCUT2D eigenvalue weighted by molar-refractivity contribution is 14.0. The number of guanidine groups is 1. The van der Waals surface area contributed by atoms with Gasteiger partial charge >= 0.3 is 0 Å². The normalized spacial score (nSPS) is 17.7. The molecule has 9 heteroatoms. The number of nitrogens with one attached hydrogen (secondary N) is 2. The second-order valence-corrected chi connectivity index (χ2v) is 7.46. The fourth-order valence-electron chi connectivity index (χ4n) is 3.40. The van der Waals surface area contributed by atoms with E-state index in [2.05, 4.69) is 39.9 Å². The van der Waals surface area contributed by atoms with E-state index in [1.807, 2.05) is 36.7 Å². The molecule has 3 aromatic rings. The minimum Gasteiger partial charge on any atom is -0.459 e. The van der Waals surface area contributed by atoms with Gasteiger partial charge in [0.25, 0.3) is 0 Å².